The van der Waals surface area contributed by atoms with E-state index in [1.807, 2.05) is 4.68 Å². The van der Waals surface area contributed by atoms with E-state index in [9.17, 15) is 4.79 Å². The van der Waals surface area contributed by atoms with Crippen molar-refractivity contribution in [3.8, 4) is 0 Å². The number of benzene rings is 1. The van der Waals surface area contributed by atoms with E-state index in [2.05, 4.69) is 65.4 Å². The molecule has 0 spiro atoms. The van der Waals surface area contributed by atoms with Crippen LogP contribution in [0.15, 0.2) is 24.4 Å². The first-order chi connectivity index (χ1) is 14.5. The summed E-state index contributed by atoms with van der Waals surface area (Å²) in [6.07, 6.45) is 5.40. The van der Waals surface area contributed by atoms with Crippen molar-refractivity contribution in [3.05, 3.63) is 46.8 Å². The highest BCUT2D eigenvalue weighted by molar-refractivity contribution is 5.75. The Morgan fingerprint density at radius 3 is 2.80 bits per heavy atom. The first-order valence-electron chi connectivity index (χ1n) is 11.3. The van der Waals surface area contributed by atoms with Crippen LogP contribution in [0.4, 0.5) is 5.69 Å². The van der Waals surface area contributed by atoms with E-state index in [4.69, 9.17) is 0 Å². The van der Waals surface area contributed by atoms with Crippen molar-refractivity contribution in [2.75, 3.05) is 44.2 Å². The van der Waals surface area contributed by atoms with E-state index in [1.54, 1.807) is 0 Å². The molecular weight excluding hydrogens is 374 g/mol. The van der Waals surface area contributed by atoms with Crippen LogP contribution in [-0.2, 0) is 24.2 Å². The number of amides is 1. The zero-order chi connectivity index (χ0) is 21.1. The Morgan fingerprint density at radius 1 is 1.20 bits per heavy atom. The van der Waals surface area contributed by atoms with Crippen molar-refractivity contribution in [2.24, 2.45) is 5.92 Å². The van der Waals surface area contributed by atoms with E-state index < -0.39 is 0 Å². The second-order valence-corrected chi connectivity index (χ2v) is 9.04. The molecule has 1 aromatic carbocycles. The number of nitrogens with zero attached hydrogens (tertiary/aromatic N) is 4. The summed E-state index contributed by atoms with van der Waals surface area (Å²) in [6.45, 7) is 12.7. The molecule has 1 atom stereocenters. The number of hydrogen-bond donors (Lipinski definition) is 1. The maximum absolute atomic E-state index is 12.3. The highest BCUT2D eigenvalue weighted by atomic mass is 16.2. The van der Waals surface area contributed by atoms with Gasteiger partial charge in [-0.3, -0.25) is 14.4 Å². The Kier molecular flexibility index (Phi) is 6.42. The van der Waals surface area contributed by atoms with Crippen LogP contribution >= 0.6 is 0 Å². The molecule has 2 heterocycles. The molecule has 162 valence electrons. The minimum atomic E-state index is 0.0527. The van der Waals surface area contributed by atoms with Gasteiger partial charge in [0, 0.05) is 51.2 Å². The lowest BCUT2D eigenvalue weighted by Gasteiger charge is -2.37. The third-order valence-electron chi connectivity index (χ3n) is 6.71. The molecule has 1 aliphatic heterocycles. The van der Waals surface area contributed by atoms with Gasteiger partial charge in [0.1, 0.15) is 6.54 Å². The third kappa shape index (κ3) is 4.86. The smallest absolute Gasteiger partial charge is 0.241 e. The largest absolute Gasteiger partial charge is 0.369 e. The topological polar surface area (TPSA) is 53.4 Å². The highest BCUT2D eigenvalue weighted by Gasteiger charge is 2.20. The molecule has 6 nitrogen and oxygen atoms in total. The second kappa shape index (κ2) is 9.21. The molecule has 1 aromatic heterocycles. The average Bonchev–Trinajstić information content (AvgIpc) is 3.12. The number of nitrogens with one attached hydrogen (secondary N) is 1. The monoisotopic (exact) mass is 409 g/mol. The van der Waals surface area contributed by atoms with Gasteiger partial charge < -0.3 is 10.2 Å². The van der Waals surface area contributed by atoms with Gasteiger partial charge in [-0.1, -0.05) is 19.1 Å². The summed E-state index contributed by atoms with van der Waals surface area (Å²) in [6, 6.07) is 6.55. The maximum Gasteiger partial charge on any atom is 0.241 e. The molecule has 0 saturated carbocycles. The lowest BCUT2D eigenvalue weighted by atomic mass is 9.89. The molecule has 1 N–H and O–H groups in total. The van der Waals surface area contributed by atoms with Crippen LogP contribution in [0.1, 0.15) is 35.7 Å². The van der Waals surface area contributed by atoms with Gasteiger partial charge in [-0.15, -0.1) is 0 Å². The first kappa shape index (κ1) is 20.9. The van der Waals surface area contributed by atoms with E-state index >= 15 is 0 Å². The van der Waals surface area contributed by atoms with Crippen LogP contribution in [0.5, 0.6) is 0 Å². The molecule has 0 bridgehead atoms. The van der Waals surface area contributed by atoms with Crippen molar-refractivity contribution >= 4 is 11.6 Å². The van der Waals surface area contributed by atoms with Crippen LogP contribution in [-0.4, -0.2) is 59.9 Å². The predicted molar refractivity (Wildman–Crippen MR) is 121 cm³/mol. The highest BCUT2D eigenvalue weighted by Crippen LogP contribution is 2.24. The number of anilines is 1. The van der Waals surface area contributed by atoms with Gasteiger partial charge in [-0.05, 0) is 61.8 Å². The normalized spacial score (nSPS) is 19.6. The Labute approximate surface area is 180 Å². The fourth-order valence-electron chi connectivity index (χ4n) is 4.67. The molecule has 4 rings (SSSR count). The van der Waals surface area contributed by atoms with Crippen molar-refractivity contribution in [1.29, 1.82) is 0 Å². The first-order valence-corrected chi connectivity index (χ1v) is 11.3. The van der Waals surface area contributed by atoms with Crippen molar-refractivity contribution < 1.29 is 4.79 Å². The van der Waals surface area contributed by atoms with Gasteiger partial charge >= 0.3 is 0 Å². The standard InChI is InChI=1S/C24H35N5O/c1-18-7-8-22-21(15-18)16-29(26-22)17-24(30)25-9-10-27-11-13-28(14-12-27)23-6-4-5-19(2)20(23)3/h4-6,16,18H,7-15,17H2,1-3H3,(H,25,30). The van der Waals surface area contributed by atoms with Crippen LogP contribution in [0.2, 0.25) is 0 Å². The Balaban J connectivity index is 1.18. The molecule has 1 amide bonds. The molecule has 1 fully saturated rings. The Morgan fingerprint density at radius 2 is 2.00 bits per heavy atom. The minimum absolute atomic E-state index is 0.0527. The number of hydrogen-bond acceptors (Lipinski definition) is 4. The van der Waals surface area contributed by atoms with Crippen LogP contribution < -0.4 is 10.2 Å². The van der Waals surface area contributed by atoms with E-state index in [1.165, 1.54) is 34.5 Å². The molecule has 0 radical (unpaired) electrons. The number of carbonyl (C=O) groups excluding carboxylic acids is 1. The summed E-state index contributed by atoms with van der Waals surface area (Å²) in [7, 11) is 0. The summed E-state index contributed by atoms with van der Waals surface area (Å²) in [4.78, 5) is 17.3. The molecule has 6 heteroatoms. The molecule has 1 saturated heterocycles. The van der Waals surface area contributed by atoms with E-state index in [0.717, 1.165) is 51.5 Å². The number of aryl methyl sites for hydroxylation is 2. The van der Waals surface area contributed by atoms with Crippen LogP contribution in [0.3, 0.4) is 0 Å². The predicted octanol–water partition coefficient (Wildman–Crippen LogP) is 2.56. The summed E-state index contributed by atoms with van der Waals surface area (Å²) in [5.74, 6) is 0.774. The number of aromatic nitrogens is 2. The Hall–Kier alpha value is -2.34. The van der Waals surface area contributed by atoms with E-state index in [-0.39, 0.29) is 5.91 Å². The fourth-order valence-corrected chi connectivity index (χ4v) is 4.67. The van der Waals surface area contributed by atoms with Crippen molar-refractivity contribution in [1.82, 2.24) is 20.0 Å². The summed E-state index contributed by atoms with van der Waals surface area (Å²) in [5, 5.41) is 7.69. The summed E-state index contributed by atoms with van der Waals surface area (Å²) < 4.78 is 1.82. The Bertz CT molecular complexity index is 882. The number of rotatable bonds is 6. The van der Waals surface area contributed by atoms with Crippen molar-refractivity contribution in [3.63, 3.8) is 0 Å². The molecule has 2 aliphatic rings. The quantitative estimate of drug-likeness (QED) is 0.797. The third-order valence-corrected chi connectivity index (χ3v) is 6.71. The van der Waals surface area contributed by atoms with Gasteiger partial charge in [0.25, 0.3) is 0 Å². The number of fused-ring (bicyclic) bond motifs is 1. The van der Waals surface area contributed by atoms with Gasteiger partial charge in [-0.25, -0.2) is 0 Å². The second-order valence-electron chi connectivity index (χ2n) is 9.04. The molecule has 30 heavy (non-hydrogen) atoms. The van der Waals surface area contributed by atoms with Crippen LogP contribution in [0, 0.1) is 19.8 Å². The van der Waals surface area contributed by atoms with Gasteiger partial charge in [0.15, 0.2) is 0 Å². The number of carbonyl (C=O) groups is 1. The minimum Gasteiger partial charge on any atom is -0.369 e. The maximum atomic E-state index is 12.3. The molecular formula is C24H35N5O. The summed E-state index contributed by atoms with van der Waals surface area (Å²) >= 11 is 0. The zero-order valence-electron chi connectivity index (χ0n) is 18.7. The van der Waals surface area contributed by atoms with Gasteiger partial charge in [0.05, 0.1) is 5.69 Å². The SMILES string of the molecule is Cc1cccc(N2CCN(CCNC(=O)Cn3cc4c(n3)CCC(C)C4)CC2)c1C. The van der Waals surface area contributed by atoms with Gasteiger partial charge in [-0.2, -0.15) is 5.10 Å². The molecule has 1 unspecified atom stereocenters. The molecule has 2 aromatic rings. The zero-order valence-corrected chi connectivity index (χ0v) is 18.7. The lowest BCUT2D eigenvalue weighted by Crippen LogP contribution is -2.48. The average molecular weight is 410 g/mol. The number of piperazine rings is 1. The fraction of sp³-hybridized carbons (Fsp3) is 0.583. The van der Waals surface area contributed by atoms with E-state index in [0.29, 0.717) is 13.1 Å². The van der Waals surface area contributed by atoms with Gasteiger partial charge in [0.2, 0.25) is 5.91 Å². The van der Waals surface area contributed by atoms with Crippen molar-refractivity contribution in [2.45, 2.75) is 46.6 Å². The summed E-state index contributed by atoms with van der Waals surface area (Å²) in [5.41, 5.74) is 6.60. The lowest BCUT2D eigenvalue weighted by molar-refractivity contribution is -0.121. The molecule has 1 aliphatic carbocycles. The van der Waals surface area contributed by atoms with Crippen LogP contribution in [0.25, 0.3) is 0 Å².